The highest BCUT2D eigenvalue weighted by molar-refractivity contribution is 5.68. The number of carbonyl (C=O) groups excluding carboxylic acids is 1. The molecule has 5 atom stereocenters. The fraction of sp³-hybridized carbons (Fsp3) is 0.944. The summed E-state index contributed by atoms with van der Waals surface area (Å²) in [6.45, 7) is 8.00. The van der Waals surface area contributed by atoms with Crippen LogP contribution in [0.4, 0.5) is 18.0 Å². The third-order valence-corrected chi connectivity index (χ3v) is 5.18. The quantitative estimate of drug-likeness (QED) is 0.810. The fourth-order valence-corrected chi connectivity index (χ4v) is 4.40. The first-order valence-electron chi connectivity index (χ1n) is 9.22. The number of ether oxygens (including phenoxy) is 2. The summed E-state index contributed by atoms with van der Waals surface area (Å²) in [4.78, 5) is 14.1. The molecular weight excluding hydrogens is 349 g/mol. The highest BCUT2D eigenvalue weighted by Crippen LogP contribution is 2.39. The number of alkyl carbamates (subject to hydrolysis) is 1. The molecule has 1 N–H and O–H groups in total. The van der Waals surface area contributed by atoms with E-state index in [0.717, 1.165) is 6.42 Å². The van der Waals surface area contributed by atoms with Gasteiger partial charge in [0.1, 0.15) is 5.60 Å². The Hall–Kier alpha value is -1.02. The molecule has 3 rings (SSSR count). The Morgan fingerprint density at radius 2 is 1.88 bits per heavy atom. The van der Waals surface area contributed by atoms with Gasteiger partial charge in [0.15, 0.2) is 0 Å². The largest absolute Gasteiger partial charge is 0.444 e. The van der Waals surface area contributed by atoms with Gasteiger partial charge in [-0.1, -0.05) is 6.92 Å². The zero-order valence-electron chi connectivity index (χ0n) is 16.2. The normalized spacial score (nSPS) is 33.0. The SMILES string of the molecule is CO[C@@H]1C2[C@H](C)CC(C[C@@H]1NC(=O)OC(C)(C)C)CN2CCC(F)(F)F. The molecule has 0 aromatic carbocycles. The summed E-state index contributed by atoms with van der Waals surface area (Å²) >= 11 is 0. The van der Waals surface area contributed by atoms with Crippen LogP contribution in [0.25, 0.3) is 0 Å². The number of rotatable bonds is 4. The van der Waals surface area contributed by atoms with Crippen LogP contribution in [0, 0.1) is 11.8 Å². The van der Waals surface area contributed by atoms with Crippen molar-refractivity contribution in [3.8, 4) is 0 Å². The lowest BCUT2D eigenvalue weighted by Gasteiger charge is -2.43. The van der Waals surface area contributed by atoms with Crippen LogP contribution in [0.1, 0.15) is 47.0 Å². The molecule has 1 amide bonds. The van der Waals surface area contributed by atoms with Crippen LogP contribution in [-0.2, 0) is 9.47 Å². The van der Waals surface area contributed by atoms with Gasteiger partial charge in [0, 0.05) is 26.2 Å². The van der Waals surface area contributed by atoms with Crippen LogP contribution in [-0.4, -0.2) is 61.2 Å². The molecule has 0 aromatic rings. The molecule has 152 valence electrons. The second-order valence-corrected chi connectivity index (χ2v) is 8.62. The lowest BCUT2D eigenvalue weighted by Crippen LogP contribution is -2.56. The second-order valence-electron chi connectivity index (χ2n) is 8.62. The Morgan fingerprint density at radius 3 is 2.42 bits per heavy atom. The summed E-state index contributed by atoms with van der Waals surface area (Å²) in [6.07, 6.45) is -4.27. The van der Waals surface area contributed by atoms with Gasteiger partial charge in [-0.25, -0.2) is 4.79 Å². The van der Waals surface area contributed by atoms with Crippen LogP contribution in [0.3, 0.4) is 0 Å². The lowest BCUT2D eigenvalue weighted by molar-refractivity contribution is -0.143. The molecule has 3 aliphatic rings. The molecule has 5 nitrogen and oxygen atoms in total. The standard InChI is InChI=1S/C18H31F3N2O3/c1-11-8-12-9-13(22-16(24)26-17(2,3)4)15(25-5)14(11)23(10-12)7-6-18(19,20)21/h11-15H,6-10H2,1-5H3,(H,22,24)/t11-,12?,13+,14?,15+/m1/s1. The molecule has 2 saturated heterocycles. The van der Waals surface area contributed by atoms with Crippen molar-refractivity contribution in [1.29, 1.82) is 0 Å². The molecule has 2 unspecified atom stereocenters. The molecule has 1 aliphatic carbocycles. The van der Waals surface area contributed by atoms with Crippen LogP contribution < -0.4 is 5.32 Å². The van der Waals surface area contributed by atoms with Gasteiger partial charge in [-0.05, 0) is 45.4 Å². The number of alkyl halides is 3. The maximum atomic E-state index is 12.7. The van der Waals surface area contributed by atoms with Gasteiger partial charge in [-0.3, -0.25) is 4.90 Å². The molecule has 2 heterocycles. The van der Waals surface area contributed by atoms with E-state index in [2.05, 4.69) is 12.2 Å². The maximum absolute atomic E-state index is 12.7. The van der Waals surface area contributed by atoms with E-state index in [0.29, 0.717) is 13.0 Å². The monoisotopic (exact) mass is 380 g/mol. The Balaban J connectivity index is 2.13. The number of piperidine rings is 1. The zero-order chi connectivity index (χ0) is 19.7. The number of hydrogen-bond donors (Lipinski definition) is 1. The number of nitrogens with one attached hydrogen (secondary N) is 1. The van der Waals surface area contributed by atoms with Gasteiger partial charge in [0.25, 0.3) is 0 Å². The summed E-state index contributed by atoms with van der Waals surface area (Å²) in [5.74, 6) is 0.437. The van der Waals surface area contributed by atoms with E-state index in [1.54, 1.807) is 27.9 Å². The zero-order valence-corrected chi connectivity index (χ0v) is 16.2. The molecule has 2 bridgehead atoms. The number of amides is 1. The minimum absolute atomic E-state index is 0.0337. The van der Waals surface area contributed by atoms with E-state index in [4.69, 9.17) is 9.47 Å². The molecule has 2 aliphatic heterocycles. The third-order valence-electron chi connectivity index (χ3n) is 5.18. The van der Waals surface area contributed by atoms with E-state index in [1.165, 1.54) is 0 Å². The summed E-state index contributed by atoms with van der Waals surface area (Å²) in [5.41, 5.74) is -0.609. The minimum atomic E-state index is -4.18. The van der Waals surface area contributed by atoms with Crippen molar-refractivity contribution >= 4 is 6.09 Å². The summed E-state index contributed by atoms with van der Waals surface area (Å²) < 4.78 is 49.1. The molecular formula is C18H31F3N2O3. The molecule has 0 aromatic heterocycles. The lowest BCUT2D eigenvalue weighted by atomic mass is 9.85. The van der Waals surface area contributed by atoms with E-state index in [9.17, 15) is 18.0 Å². The number of carbonyl (C=O) groups is 1. The van der Waals surface area contributed by atoms with Crippen LogP contribution in [0.5, 0.6) is 0 Å². The Morgan fingerprint density at radius 1 is 1.23 bits per heavy atom. The van der Waals surface area contributed by atoms with E-state index >= 15 is 0 Å². The number of halogens is 3. The van der Waals surface area contributed by atoms with Crippen LogP contribution in [0.2, 0.25) is 0 Å². The van der Waals surface area contributed by atoms with Crippen molar-refractivity contribution in [3.63, 3.8) is 0 Å². The summed E-state index contributed by atoms with van der Waals surface area (Å²) in [5, 5.41) is 2.90. The molecule has 26 heavy (non-hydrogen) atoms. The number of fused-ring (bicyclic) bond motifs is 4. The van der Waals surface area contributed by atoms with Crippen molar-refractivity contribution in [3.05, 3.63) is 0 Å². The van der Waals surface area contributed by atoms with E-state index < -0.39 is 24.3 Å². The average Bonchev–Trinajstić information content (AvgIpc) is 2.66. The molecule has 3 fully saturated rings. The van der Waals surface area contributed by atoms with Gasteiger partial charge in [-0.2, -0.15) is 13.2 Å². The maximum Gasteiger partial charge on any atom is 0.407 e. The topological polar surface area (TPSA) is 50.8 Å². The highest BCUT2D eigenvalue weighted by Gasteiger charge is 2.47. The Bertz CT molecular complexity index is 493. The van der Waals surface area contributed by atoms with E-state index in [-0.39, 0.29) is 36.6 Å². The predicted octanol–water partition coefficient (Wildman–Crippen LogP) is 3.58. The first-order valence-corrected chi connectivity index (χ1v) is 9.22. The Kier molecular flexibility index (Phi) is 6.48. The number of methoxy groups -OCH3 is 1. The van der Waals surface area contributed by atoms with Gasteiger partial charge >= 0.3 is 12.3 Å². The molecule has 1 saturated carbocycles. The van der Waals surface area contributed by atoms with E-state index in [1.807, 2.05) is 4.90 Å². The van der Waals surface area contributed by atoms with Crippen molar-refractivity contribution in [1.82, 2.24) is 10.2 Å². The summed E-state index contributed by atoms with van der Waals surface area (Å²) in [6, 6.07) is -0.424. The minimum Gasteiger partial charge on any atom is -0.444 e. The van der Waals surface area contributed by atoms with Crippen molar-refractivity contribution < 1.29 is 27.4 Å². The van der Waals surface area contributed by atoms with Crippen LogP contribution in [0.15, 0.2) is 0 Å². The summed E-state index contributed by atoms with van der Waals surface area (Å²) in [7, 11) is 1.56. The highest BCUT2D eigenvalue weighted by atomic mass is 19.4. The average molecular weight is 380 g/mol. The first kappa shape index (κ1) is 21.3. The smallest absolute Gasteiger partial charge is 0.407 e. The van der Waals surface area contributed by atoms with Crippen molar-refractivity contribution in [2.75, 3.05) is 20.2 Å². The fourth-order valence-electron chi connectivity index (χ4n) is 4.40. The molecule has 0 radical (unpaired) electrons. The number of hydrogen-bond acceptors (Lipinski definition) is 4. The molecule has 0 spiro atoms. The predicted molar refractivity (Wildman–Crippen MR) is 91.9 cm³/mol. The van der Waals surface area contributed by atoms with Gasteiger partial charge in [-0.15, -0.1) is 0 Å². The van der Waals surface area contributed by atoms with Crippen LogP contribution >= 0.6 is 0 Å². The molecule has 8 heteroatoms. The second kappa shape index (κ2) is 7.92. The van der Waals surface area contributed by atoms with Gasteiger partial charge in [0.2, 0.25) is 0 Å². The van der Waals surface area contributed by atoms with Crippen molar-refractivity contribution in [2.24, 2.45) is 11.8 Å². The Labute approximate surface area is 153 Å². The number of nitrogens with zero attached hydrogens (tertiary/aromatic N) is 1. The van der Waals surface area contributed by atoms with Gasteiger partial charge < -0.3 is 14.8 Å². The van der Waals surface area contributed by atoms with Crippen molar-refractivity contribution in [2.45, 2.75) is 76.9 Å². The third kappa shape index (κ3) is 5.74. The first-order chi connectivity index (χ1) is 11.9. The van der Waals surface area contributed by atoms with Gasteiger partial charge in [0.05, 0.1) is 18.6 Å².